The van der Waals surface area contributed by atoms with E-state index in [0.29, 0.717) is 23.5 Å². The Morgan fingerprint density at radius 3 is 2.36 bits per heavy atom. The normalized spacial score (nSPS) is 10.8. The van der Waals surface area contributed by atoms with Crippen molar-refractivity contribution in [3.63, 3.8) is 0 Å². The summed E-state index contributed by atoms with van der Waals surface area (Å²) >= 11 is 0. The summed E-state index contributed by atoms with van der Waals surface area (Å²) in [6.07, 6.45) is 0. The third kappa shape index (κ3) is 4.26. The summed E-state index contributed by atoms with van der Waals surface area (Å²) in [5.74, 6) is 0.163. The zero-order valence-corrected chi connectivity index (χ0v) is 17.2. The molecule has 0 spiro atoms. The SMILES string of the molecule is CC(=O)Nc1ccc2c(=O)n(CC(C)C)c(CN)c(-c3ccccc3)c2c1.Cl. The molecule has 0 fully saturated rings. The van der Waals surface area contributed by atoms with E-state index in [4.69, 9.17) is 5.73 Å². The maximum atomic E-state index is 13.2. The first-order chi connectivity index (χ1) is 12.9. The number of anilines is 1. The number of carbonyl (C=O) groups is 1. The lowest BCUT2D eigenvalue weighted by atomic mass is 9.96. The van der Waals surface area contributed by atoms with Gasteiger partial charge in [-0.3, -0.25) is 9.59 Å². The Hall–Kier alpha value is -2.63. The summed E-state index contributed by atoms with van der Waals surface area (Å²) < 4.78 is 1.80. The van der Waals surface area contributed by atoms with Crippen LogP contribution in [-0.4, -0.2) is 10.5 Å². The standard InChI is InChI=1S/C22H25N3O2.ClH/c1-14(2)13-25-20(12-23)21(16-7-5-4-6-8-16)19-11-17(24-15(3)26)9-10-18(19)22(25)27;/h4-11,14H,12-13,23H2,1-3H3,(H,24,26);1H. The fraction of sp³-hybridized carbons (Fsp3) is 0.273. The summed E-state index contributed by atoms with van der Waals surface area (Å²) in [7, 11) is 0. The van der Waals surface area contributed by atoms with Crippen LogP contribution in [0.5, 0.6) is 0 Å². The highest BCUT2D eigenvalue weighted by atomic mass is 35.5. The van der Waals surface area contributed by atoms with E-state index in [1.165, 1.54) is 6.92 Å². The Morgan fingerprint density at radius 2 is 1.79 bits per heavy atom. The number of aromatic nitrogens is 1. The van der Waals surface area contributed by atoms with Gasteiger partial charge in [0.2, 0.25) is 5.91 Å². The molecule has 3 N–H and O–H groups in total. The topological polar surface area (TPSA) is 77.1 Å². The van der Waals surface area contributed by atoms with Gasteiger partial charge in [0.1, 0.15) is 0 Å². The average molecular weight is 400 g/mol. The number of nitrogens with zero attached hydrogens (tertiary/aromatic N) is 1. The van der Waals surface area contributed by atoms with Gasteiger partial charge >= 0.3 is 0 Å². The maximum absolute atomic E-state index is 13.2. The molecule has 0 aliphatic heterocycles. The largest absolute Gasteiger partial charge is 0.326 e. The Labute approximate surface area is 171 Å². The molecule has 0 unspecified atom stereocenters. The number of amides is 1. The highest BCUT2D eigenvalue weighted by molar-refractivity contribution is 6.01. The summed E-state index contributed by atoms with van der Waals surface area (Å²) in [4.78, 5) is 24.7. The molecule has 0 bridgehead atoms. The van der Waals surface area contributed by atoms with Crippen LogP contribution in [0.3, 0.4) is 0 Å². The fourth-order valence-corrected chi connectivity index (χ4v) is 3.47. The first-order valence-corrected chi connectivity index (χ1v) is 9.15. The molecular formula is C22H26ClN3O2. The molecule has 2 aromatic carbocycles. The van der Waals surface area contributed by atoms with E-state index >= 15 is 0 Å². The zero-order chi connectivity index (χ0) is 19.6. The van der Waals surface area contributed by atoms with Gasteiger partial charge in [-0.15, -0.1) is 12.4 Å². The van der Waals surface area contributed by atoms with E-state index in [1.807, 2.05) is 36.4 Å². The van der Waals surface area contributed by atoms with Crippen molar-refractivity contribution in [2.75, 3.05) is 5.32 Å². The third-order valence-corrected chi connectivity index (χ3v) is 4.50. The first-order valence-electron chi connectivity index (χ1n) is 9.15. The molecule has 6 heteroatoms. The summed E-state index contributed by atoms with van der Waals surface area (Å²) in [5, 5.41) is 4.23. The Kier molecular flexibility index (Phi) is 7.00. The predicted octanol–water partition coefficient (Wildman–Crippen LogP) is 4.16. The van der Waals surface area contributed by atoms with Crippen LogP contribution < -0.4 is 16.6 Å². The third-order valence-electron chi connectivity index (χ3n) is 4.50. The smallest absolute Gasteiger partial charge is 0.258 e. The lowest BCUT2D eigenvalue weighted by Gasteiger charge is -2.21. The number of nitrogens with two attached hydrogens (primary N) is 1. The second-order valence-corrected chi connectivity index (χ2v) is 7.14. The molecule has 148 valence electrons. The molecule has 0 aliphatic rings. The highest BCUT2D eigenvalue weighted by Gasteiger charge is 2.18. The average Bonchev–Trinajstić information content (AvgIpc) is 2.63. The first kappa shape index (κ1) is 21.7. The molecular weight excluding hydrogens is 374 g/mol. The second-order valence-electron chi connectivity index (χ2n) is 7.14. The molecule has 0 saturated heterocycles. The molecule has 0 atom stereocenters. The van der Waals surface area contributed by atoms with Crippen molar-refractivity contribution in [2.24, 2.45) is 11.7 Å². The van der Waals surface area contributed by atoms with Crippen LogP contribution in [0.4, 0.5) is 5.69 Å². The highest BCUT2D eigenvalue weighted by Crippen LogP contribution is 2.32. The van der Waals surface area contributed by atoms with Gasteiger partial charge in [0.25, 0.3) is 5.56 Å². The van der Waals surface area contributed by atoms with Crippen molar-refractivity contribution in [3.05, 3.63) is 64.6 Å². The number of halogens is 1. The quantitative estimate of drug-likeness (QED) is 0.676. The molecule has 28 heavy (non-hydrogen) atoms. The van der Waals surface area contributed by atoms with Crippen LogP contribution in [0, 0.1) is 5.92 Å². The molecule has 1 heterocycles. The second kappa shape index (κ2) is 9.04. The molecule has 1 aromatic heterocycles. The van der Waals surface area contributed by atoms with Crippen molar-refractivity contribution in [2.45, 2.75) is 33.9 Å². The predicted molar refractivity (Wildman–Crippen MR) is 118 cm³/mol. The number of hydrogen-bond donors (Lipinski definition) is 2. The van der Waals surface area contributed by atoms with Gasteiger partial charge in [-0.05, 0) is 35.1 Å². The number of pyridine rings is 1. The molecule has 5 nitrogen and oxygen atoms in total. The van der Waals surface area contributed by atoms with E-state index in [0.717, 1.165) is 22.2 Å². The van der Waals surface area contributed by atoms with Gasteiger partial charge < -0.3 is 15.6 Å². The lowest BCUT2D eigenvalue weighted by Crippen LogP contribution is -2.28. The van der Waals surface area contributed by atoms with Crippen LogP contribution in [-0.2, 0) is 17.9 Å². The fourth-order valence-electron chi connectivity index (χ4n) is 3.47. The number of rotatable bonds is 5. The number of fused-ring (bicyclic) bond motifs is 1. The van der Waals surface area contributed by atoms with Crippen LogP contribution in [0.15, 0.2) is 53.3 Å². The maximum Gasteiger partial charge on any atom is 0.258 e. The van der Waals surface area contributed by atoms with Gasteiger partial charge in [0.05, 0.1) is 0 Å². The van der Waals surface area contributed by atoms with Crippen LogP contribution in [0.25, 0.3) is 21.9 Å². The van der Waals surface area contributed by atoms with Crippen molar-refractivity contribution in [1.29, 1.82) is 0 Å². The number of nitrogens with one attached hydrogen (secondary N) is 1. The number of carbonyl (C=O) groups excluding carboxylic acids is 1. The summed E-state index contributed by atoms with van der Waals surface area (Å²) in [6, 6.07) is 15.3. The molecule has 3 aromatic rings. The van der Waals surface area contributed by atoms with Crippen LogP contribution >= 0.6 is 12.4 Å². The van der Waals surface area contributed by atoms with E-state index < -0.39 is 0 Å². The van der Waals surface area contributed by atoms with E-state index in [1.54, 1.807) is 16.7 Å². The number of benzene rings is 2. The monoisotopic (exact) mass is 399 g/mol. The Morgan fingerprint density at radius 1 is 1.11 bits per heavy atom. The van der Waals surface area contributed by atoms with Gasteiger partial charge in [0, 0.05) is 42.3 Å². The lowest BCUT2D eigenvalue weighted by molar-refractivity contribution is -0.114. The minimum Gasteiger partial charge on any atom is -0.326 e. The Bertz CT molecular complexity index is 1040. The van der Waals surface area contributed by atoms with Gasteiger partial charge in [-0.1, -0.05) is 44.2 Å². The molecule has 3 rings (SSSR count). The van der Waals surface area contributed by atoms with Gasteiger partial charge in [0.15, 0.2) is 0 Å². The molecule has 0 aliphatic carbocycles. The van der Waals surface area contributed by atoms with Crippen molar-refractivity contribution in [1.82, 2.24) is 4.57 Å². The minimum absolute atomic E-state index is 0. The zero-order valence-electron chi connectivity index (χ0n) is 16.4. The van der Waals surface area contributed by atoms with Crippen molar-refractivity contribution >= 4 is 34.8 Å². The molecule has 0 saturated carbocycles. The minimum atomic E-state index is -0.150. The van der Waals surface area contributed by atoms with Gasteiger partial charge in [-0.2, -0.15) is 0 Å². The van der Waals surface area contributed by atoms with Crippen molar-refractivity contribution in [3.8, 4) is 11.1 Å². The van der Waals surface area contributed by atoms with Crippen molar-refractivity contribution < 1.29 is 4.79 Å². The van der Waals surface area contributed by atoms with E-state index in [-0.39, 0.29) is 30.4 Å². The summed E-state index contributed by atoms with van der Waals surface area (Å²) in [6.45, 7) is 6.49. The summed E-state index contributed by atoms with van der Waals surface area (Å²) in [5.41, 5.74) is 9.49. The van der Waals surface area contributed by atoms with Crippen LogP contribution in [0.1, 0.15) is 26.5 Å². The number of hydrogen-bond acceptors (Lipinski definition) is 3. The molecule has 0 radical (unpaired) electrons. The van der Waals surface area contributed by atoms with E-state index in [9.17, 15) is 9.59 Å². The Balaban J connectivity index is 0.00000280. The van der Waals surface area contributed by atoms with Crippen LogP contribution in [0.2, 0.25) is 0 Å². The molecule has 1 amide bonds. The van der Waals surface area contributed by atoms with E-state index in [2.05, 4.69) is 19.2 Å². The van der Waals surface area contributed by atoms with Gasteiger partial charge in [-0.25, -0.2) is 0 Å².